The van der Waals surface area contributed by atoms with Gasteiger partial charge in [-0.15, -0.1) is 12.4 Å². The second-order valence-electron chi connectivity index (χ2n) is 6.39. The first-order chi connectivity index (χ1) is 10.1. The molecule has 2 aliphatic rings. The van der Waals surface area contributed by atoms with Crippen molar-refractivity contribution in [2.45, 2.75) is 19.8 Å². The van der Waals surface area contributed by atoms with Gasteiger partial charge in [-0.1, -0.05) is 15.9 Å². The molecule has 0 radical (unpaired) electrons. The predicted molar refractivity (Wildman–Crippen MR) is 95.7 cm³/mol. The molecule has 0 saturated carbocycles. The average Bonchev–Trinajstić information content (AvgIpc) is 3.04. The first-order valence-corrected chi connectivity index (χ1v) is 8.35. The lowest BCUT2D eigenvalue weighted by Crippen LogP contribution is -2.34. The maximum absolute atomic E-state index is 12.2. The monoisotopic (exact) mass is 387 g/mol. The summed E-state index contributed by atoms with van der Waals surface area (Å²) in [6.45, 7) is 6.82. The fourth-order valence-corrected chi connectivity index (χ4v) is 3.94. The average molecular weight is 389 g/mol. The lowest BCUT2D eigenvalue weighted by molar-refractivity contribution is -0.117. The van der Waals surface area contributed by atoms with Gasteiger partial charge in [-0.05, 0) is 62.0 Å². The molecule has 1 aromatic carbocycles. The Morgan fingerprint density at radius 3 is 2.95 bits per heavy atom. The van der Waals surface area contributed by atoms with Gasteiger partial charge in [0.25, 0.3) is 0 Å². The molecule has 2 fully saturated rings. The van der Waals surface area contributed by atoms with Gasteiger partial charge in [-0.3, -0.25) is 9.69 Å². The summed E-state index contributed by atoms with van der Waals surface area (Å²) in [5.41, 5.74) is 2.41. The Labute approximate surface area is 146 Å². The minimum absolute atomic E-state index is 0. The van der Waals surface area contributed by atoms with Gasteiger partial charge in [0.15, 0.2) is 0 Å². The van der Waals surface area contributed by atoms with Crippen molar-refractivity contribution in [1.82, 2.24) is 10.2 Å². The molecule has 1 unspecified atom stereocenters. The number of rotatable bonds is 3. The molecule has 0 bridgehead atoms. The fraction of sp³-hybridized carbons (Fsp3) is 0.562. The highest BCUT2D eigenvalue weighted by Gasteiger charge is 2.40. The van der Waals surface area contributed by atoms with Crippen molar-refractivity contribution in [3.8, 4) is 0 Å². The topological polar surface area (TPSA) is 44.4 Å². The predicted octanol–water partition coefficient (Wildman–Crippen LogP) is 2.80. The van der Waals surface area contributed by atoms with E-state index in [1.54, 1.807) is 0 Å². The summed E-state index contributed by atoms with van der Waals surface area (Å²) in [6, 6.07) is 5.92. The Morgan fingerprint density at radius 2 is 2.27 bits per heavy atom. The van der Waals surface area contributed by atoms with E-state index in [-0.39, 0.29) is 18.3 Å². The molecule has 2 heterocycles. The number of anilines is 1. The Hall–Kier alpha value is -0.620. The van der Waals surface area contributed by atoms with Gasteiger partial charge in [0.2, 0.25) is 5.91 Å². The number of nitrogens with one attached hydrogen (secondary N) is 2. The molecule has 2 aliphatic heterocycles. The maximum Gasteiger partial charge on any atom is 0.238 e. The van der Waals surface area contributed by atoms with Gasteiger partial charge in [0.05, 0.1) is 6.54 Å². The zero-order chi connectivity index (χ0) is 14.9. The van der Waals surface area contributed by atoms with E-state index in [0.29, 0.717) is 12.0 Å². The smallest absolute Gasteiger partial charge is 0.238 e. The first-order valence-electron chi connectivity index (χ1n) is 7.55. The van der Waals surface area contributed by atoms with Crippen LogP contribution in [0.1, 0.15) is 18.4 Å². The maximum atomic E-state index is 12.2. The number of benzene rings is 1. The van der Waals surface area contributed by atoms with Crippen LogP contribution in [0.5, 0.6) is 0 Å². The summed E-state index contributed by atoms with van der Waals surface area (Å²) in [4.78, 5) is 14.5. The lowest BCUT2D eigenvalue weighted by atomic mass is 9.87. The van der Waals surface area contributed by atoms with E-state index in [1.807, 2.05) is 25.1 Å². The molecule has 6 heteroatoms. The molecule has 1 aromatic rings. The van der Waals surface area contributed by atoms with Crippen molar-refractivity contribution in [1.29, 1.82) is 0 Å². The summed E-state index contributed by atoms with van der Waals surface area (Å²) in [5, 5.41) is 6.48. The van der Waals surface area contributed by atoms with Crippen LogP contribution in [0, 0.1) is 12.3 Å². The van der Waals surface area contributed by atoms with Crippen LogP contribution in [-0.4, -0.2) is 43.5 Å². The normalized spacial score (nSPS) is 24.5. The summed E-state index contributed by atoms with van der Waals surface area (Å²) in [7, 11) is 0. The van der Waals surface area contributed by atoms with Gasteiger partial charge in [-0.25, -0.2) is 0 Å². The van der Waals surface area contributed by atoms with E-state index in [9.17, 15) is 4.79 Å². The largest absolute Gasteiger partial charge is 0.325 e. The third kappa shape index (κ3) is 4.02. The summed E-state index contributed by atoms with van der Waals surface area (Å²) >= 11 is 3.44. The van der Waals surface area contributed by atoms with E-state index < -0.39 is 0 Å². The van der Waals surface area contributed by atoms with Crippen molar-refractivity contribution < 1.29 is 4.79 Å². The quantitative estimate of drug-likeness (QED) is 0.837. The third-order valence-electron chi connectivity index (χ3n) is 4.68. The number of carbonyl (C=O) groups is 1. The number of hydrogen-bond donors (Lipinski definition) is 2. The molecule has 122 valence electrons. The van der Waals surface area contributed by atoms with Crippen molar-refractivity contribution >= 4 is 39.9 Å². The molecular formula is C16H23BrClN3O. The van der Waals surface area contributed by atoms with Gasteiger partial charge in [0.1, 0.15) is 0 Å². The van der Waals surface area contributed by atoms with Crippen LogP contribution in [0.25, 0.3) is 0 Å². The van der Waals surface area contributed by atoms with Crippen LogP contribution < -0.4 is 10.6 Å². The van der Waals surface area contributed by atoms with Gasteiger partial charge in [0, 0.05) is 23.2 Å². The van der Waals surface area contributed by atoms with Gasteiger partial charge >= 0.3 is 0 Å². The fourth-order valence-electron chi connectivity index (χ4n) is 3.47. The molecule has 2 N–H and O–H groups in total. The Morgan fingerprint density at radius 1 is 1.45 bits per heavy atom. The van der Waals surface area contributed by atoms with Crippen LogP contribution in [0.3, 0.4) is 0 Å². The molecule has 3 rings (SSSR count). The summed E-state index contributed by atoms with van der Waals surface area (Å²) in [6.07, 6.45) is 2.46. The number of hydrogen-bond acceptors (Lipinski definition) is 3. The Bertz CT molecular complexity index is 546. The van der Waals surface area contributed by atoms with Crippen LogP contribution in [0.4, 0.5) is 5.69 Å². The zero-order valence-corrected chi connectivity index (χ0v) is 15.2. The second-order valence-corrected chi connectivity index (χ2v) is 7.31. The number of amides is 1. The number of likely N-dealkylation sites (tertiary alicyclic amines) is 1. The summed E-state index contributed by atoms with van der Waals surface area (Å²) in [5.74, 6) is 0.0865. The van der Waals surface area contributed by atoms with E-state index in [4.69, 9.17) is 0 Å². The minimum atomic E-state index is 0. The molecule has 4 nitrogen and oxygen atoms in total. The highest BCUT2D eigenvalue weighted by molar-refractivity contribution is 9.10. The van der Waals surface area contributed by atoms with Crippen LogP contribution in [0.15, 0.2) is 22.7 Å². The van der Waals surface area contributed by atoms with Gasteiger partial charge in [-0.2, -0.15) is 0 Å². The van der Waals surface area contributed by atoms with E-state index >= 15 is 0 Å². The SMILES string of the molecule is Cc1cc(Br)ccc1NC(=O)CN1CCC2(CCNC2)C1.Cl. The number of carbonyl (C=O) groups excluding carboxylic acids is 1. The van der Waals surface area contributed by atoms with Crippen molar-refractivity contribution in [2.24, 2.45) is 5.41 Å². The van der Waals surface area contributed by atoms with E-state index in [0.717, 1.165) is 41.9 Å². The molecule has 1 spiro atoms. The molecule has 0 aliphatic carbocycles. The minimum Gasteiger partial charge on any atom is -0.325 e. The molecule has 1 amide bonds. The zero-order valence-electron chi connectivity index (χ0n) is 12.8. The van der Waals surface area contributed by atoms with Crippen molar-refractivity contribution in [3.05, 3.63) is 28.2 Å². The number of halogens is 2. The van der Waals surface area contributed by atoms with Crippen LogP contribution in [0.2, 0.25) is 0 Å². The second kappa shape index (κ2) is 7.30. The molecule has 2 saturated heterocycles. The lowest BCUT2D eigenvalue weighted by Gasteiger charge is -2.22. The van der Waals surface area contributed by atoms with Crippen LogP contribution in [-0.2, 0) is 4.79 Å². The molecule has 22 heavy (non-hydrogen) atoms. The van der Waals surface area contributed by atoms with Gasteiger partial charge < -0.3 is 10.6 Å². The van der Waals surface area contributed by atoms with Crippen molar-refractivity contribution in [3.63, 3.8) is 0 Å². The molecular weight excluding hydrogens is 366 g/mol. The molecule has 0 aromatic heterocycles. The van der Waals surface area contributed by atoms with Crippen LogP contribution >= 0.6 is 28.3 Å². The summed E-state index contributed by atoms with van der Waals surface area (Å²) < 4.78 is 1.04. The molecule has 1 atom stereocenters. The highest BCUT2D eigenvalue weighted by Crippen LogP contribution is 2.35. The third-order valence-corrected chi connectivity index (χ3v) is 5.17. The Kier molecular flexibility index (Phi) is 5.88. The number of aryl methyl sites for hydroxylation is 1. The highest BCUT2D eigenvalue weighted by atomic mass is 79.9. The first kappa shape index (κ1) is 17.7. The van der Waals surface area contributed by atoms with E-state index in [1.165, 1.54) is 12.8 Å². The standard InChI is InChI=1S/C16H22BrN3O.ClH/c1-12-8-13(17)2-3-14(12)19-15(21)9-20-7-5-16(11-20)4-6-18-10-16;/h2-3,8,18H,4-7,9-11H2,1H3,(H,19,21);1H. The van der Waals surface area contributed by atoms with E-state index in [2.05, 4.69) is 31.5 Å². The number of nitrogens with zero attached hydrogens (tertiary/aromatic N) is 1. The van der Waals surface area contributed by atoms with Crippen molar-refractivity contribution in [2.75, 3.05) is 38.0 Å². The Balaban J connectivity index is 0.00000176.